The van der Waals surface area contributed by atoms with Gasteiger partial charge < -0.3 is 20.3 Å². The van der Waals surface area contributed by atoms with E-state index in [0.29, 0.717) is 6.54 Å². The summed E-state index contributed by atoms with van der Waals surface area (Å²) in [5.41, 5.74) is 1.19. The second-order valence-corrected chi connectivity index (χ2v) is 7.83. The van der Waals surface area contributed by atoms with Gasteiger partial charge in [0.1, 0.15) is 5.82 Å². The fourth-order valence-electron chi connectivity index (χ4n) is 3.03. The molecule has 1 aromatic heterocycles. The first kappa shape index (κ1) is 20.5. The molecule has 150 valence electrons. The van der Waals surface area contributed by atoms with Crippen molar-refractivity contribution < 1.29 is 4.74 Å². The van der Waals surface area contributed by atoms with Crippen molar-refractivity contribution >= 4 is 23.5 Å². The predicted octanol–water partition coefficient (Wildman–Crippen LogP) is 2.76. The number of aliphatic imine (C=N–C) groups is 1. The van der Waals surface area contributed by atoms with Crippen LogP contribution in [0.1, 0.15) is 12.5 Å². The van der Waals surface area contributed by atoms with E-state index >= 15 is 0 Å². The van der Waals surface area contributed by atoms with E-state index in [1.54, 1.807) is 7.05 Å². The minimum atomic E-state index is 0.245. The van der Waals surface area contributed by atoms with Gasteiger partial charge in [-0.25, -0.2) is 4.98 Å². The van der Waals surface area contributed by atoms with Gasteiger partial charge in [0.15, 0.2) is 5.96 Å². The van der Waals surface area contributed by atoms with Gasteiger partial charge in [-0.05, 0) is 36.8 Å². The molecule has 0 radical (unpaired) electrons. The van der Waals surface area contributed by atoms with Gasteiger partial charge in [-0.2, -0.15) is 0 Å². The van der Waals surface area contributed by atoms with E-state index in [-0.39, 0.29) is 6.10 Å². The standard InChI is InChI=1S/C21H29N5OS/c1-17-16-26(11-12-27-17)20-14-18(8-9-23-20)15-25-21(22-2)24-10-13-28-19-6-4-3-5-7-19/h3-9,14,17H,10-13,15-16H2,1-2H3,(H2,22,24,25). The van der Waals surface area contributed by atoms with Crippen LogP contribution in [0.4, 0.5) is 5.82 Å². The molecule has 28 heavy (non-hydrogen) atoms. The molecule has 1 unspecified atom stereocenters. The SMILES string of the molecule is CN=C(NCCSc1ccccc1)NCc1ccnc(N2CCOC(C)C2)c1. The van der Waals surface area contributed by atoms with Gasteiger partial charge in [-0.1, -0.05) is 18.2 Å². The van der Waals surface area contributed by atoms with Gasteiger partial charge in [0.05, 0.1) is 12.7 Å². The summed E-state index contributed by atoms with van der Waals surface area (Å²) in [5.74, 6) is 2.81. The van der Waals surface area contributed by atoms with Crippen molar-refractivity contribution in [1.29, 1.82) is 0 Å². The zero-order valence-corrected chi connectivity index (χ0v) is 17.4. The summed E-state index contributed by atoms with van der Waals surface area (Å²) in [6.07, 6.45) is 2.12. The maximum atomic E-state index is 5.62. The maximum absolute atomic E-state index is 5.62. The number of pyridine rings is 1. The van der Waals surface area contributed by atoms with Crippen LogP contribution in [0.15, 0.2) is 58.5 Å². The monoisotopic (exact) mass is 399 g/mol. The van der Waals surface area contributed by atoms with E-state index in [9.17, 15) is 0 Å². The molecule has 1 aliphatic rings. The molecule has 0 amide bonds. The summed E-state index contributed by atoms with van der Waals surface area (Å²) >= 11 is 1.84. The molecule has 0 saturated carbocycles. The molecule has 2 heterocycles. The molecular weight excluding hydrogens is 370 g/mol. The number of thioether (sulfide) groups is 1. The van der Waals surface area contributed by atoms with Gasteiger partial charge in [0.25, 0.3) is 0 Å². The topological polar surface area (TPSA) is 61.8 Å². The summed E-state index contributed by atoms with van der Waals surface area (Å²) in [5, 5.41) is 6.75. The highest BCUT2D eigenvalue weighted by Gasteiger charge is 2.18. The van der Waals surface area contributed by atoms with Crippen LogP contribution in [0.5, 0.6) is 0 Å². The number of morpholine rings is 1. The van der Waals surface area contributed by atoms with Crippen molar-refractivity contribution in [3.05, 3.63) is 54.2 Å². The van der Waals surface area contributed by atoms with Crippen molar-refractivity contribution in [2.24, 2.45) is 4.99 Å². The molecule has 2 aromatic rings. The van der Waals surface area contributed by atoms with Crippen LogP contribution in [0.3, 0.4) is 0 Å². The largest absolute Gasteiger partial charge is 0.375 e. The average Bonchev–Trinajstić information content (AvgIpc) is 2.74. The average molecular weight is 400 g/mol. The van der Waals surface area contributed by atoms with Crippen molar-refractivity contribution in [3.63, 3.8) is 0 Å². The molecule has 0 bridgehead atoms. The Labute approximate surface area is 171 Å². The number of hydrogen-bond acceptors (Lipinski definition) is 5. The minimum Gasteiger partial charge on any atom is -0.375 e. The highest BCUT2D eigenvalue weighted by molar-refractivity contribution is 7.99. The molecule has 1 aromatic carbocycles. The third-order valence-electron chi connectivity index (χ3n) is 4.46. The number of guanidine groups is 1. The predicted molar refractivity (Wildman–Crippen MR) is 117 cm³/mol. The number of anilines is 1. The molecular formula is C21H29N5OS. The Bertz CT molecular complexity index is 755. The van der Waals surface area contributed by atoms with Crippen LogP contribution in [0.2, 0.25) is 0 Å². The zero-order valence-electron chi connectivity index (χ0n) is 16.6. The molecule has 2 N–H and O–H groups in total. The van der Waals surface area contributed by atoms with Crippen LogP contribution >= 0.6 is 11.8 Å². The van der Waals surface area contributed by atoms with E-state index in [1.165, 1.54) is 10.5 Å². The van der Waals surface area contributed by atoms with E-state index in [2.05, 4.69) is 62.8 Å². The van der Waals surface area contributed by atoms with Crippen molar-refractivity contribution in [3.8, 4) is 0 Å². The minimum absolute atomic E-state index is 0.245. The Morgan fingerprint density at radius 3 is 2.93 bits per heavy atom. The molecule has 1 atom stereocenters. The molecule has 7 heteroatoms. The third-order valence-corrected chi connectivity index (χ3v) is 5.48. The lowest BCUT2D eigenvalue weighted by molar-refractivity contribution is 0.0529. The number of nitrogens with zero attached hydrogens (tertiary/aromatic N) is 3. The Kier molecular flexibility index (Phi) is 7.99. The number of benzene rings is 1. The summed E-state index contributed by atoms with van der Waals surface area (Å²) < 4.78 is 5.62. The zero-order chi connectivity index (χ0) is 19.6. The number of hydrogen-bond donors (Lipinski definition) is 2. The van der Waals surface area contributed by atoms with E-state index < -0.39 is 0 Å². The summed E-state index contributed by atoms with van der Waals surface area (Å²) in [4.78, 5) is 12.4. The van der Waals surface area contributed by atoms with Gasteiger partial charge in [-0.3, -0.25) is 4.99 Å². The first-order valence-electron chi connectivity index (χ1n) is 9.68. The summed E-state index contributed by atoms with van der Waals surface area (Å²) in [6, 6.07) is 14.6. The van der Waals surface area contributed by atoms with Crippen LogP contribution in [0, 0.1) is 0 Å². The fourth-order valence-corrected chi connectivity index (χ4v) is 3.82. The van der Waals surface area contributed by atoms with Crippen LogP contribution in [0.25, 0.3) is 0 Å². The van der Waals surface area contributed by atoms with Gasteiger partial charge in [0, 0.05) is 50.1 Å². The Morgan fingerprint density at radius 1 is 1.29 bits per heavy atom. The quantitative estimate of drug-likeness (QED) is 0.323. The number of aromatic nitrogens is 1. The molecule has 1 fully saturated rings. The maximum Gasteiger partial charge on any atom is 0.191 e. The molecule has 0 aliphatic carbocycles. The van der Waals surface area contributed by atoms with Crippen LogP contribution < -0.4 is 15.5 Å². The number of nitrogens with one attached hydrogen (secondary N) is 2. The fraction of sp³-hybridized carbons (Fsp3) is 0.429. The Hall–Kier alpha value is -2.25. The molecule has 6 nitrogen and oxygen atoms in total. The van der Waals surface area contributed by atoms with E-state index in [0.717, 1.165) is 43.8 Å². The van der Waals surface area contributed by atoms with Crippen molar-refractivity contribution in [2.75, 3.05) is 43.9 Å². The second-order valence-electron chi connectivity index (χ2n) is 6.66. The molecule has 0 spiro atoms. The Balaban J connectivity index is 1.44. The van der Waals surface area contributed by atoms with Gasteiger partial charge in [-0.15, -0.1) is 11.8 Å². The number of ether oxygens (including phenoxy) is 1. The van der Waals surface area contributed by atoms with Crippen molar-refractivity contribution in [1.82, 2.24) is 15.6 Å². The van der Waals surface area contributed by atoms with E-state index in [4.69, 9.17) is 4.74 Å². The third kappa shape index (κ3) is 6.42. The smallest absolute Gasteiger partial charge is 0.191 e. The summed E-state index contributed by atoms with van der Waals surface area (Å²) in [7, 11) is 1.80. The lowest BCUT2D eigenvalue weighted by Gasteiger charge is -2.32. The number of rotatable bonds is 7. The second kappa shape index (κ2) is 10.9. The molecule has 3 rings (SSSR count). The summed E-state index contributed by atoms with van der Waals surface area (Å²) in [6.45, 7) is 6.18. The first-order valence-corrected chi connectivity index (χ1v) is 10.7. The van der Waals surface area contributed by atoms with Crippen molar-refractivity contribution in [2.45, 2.75) is 24.5 Å². The lowest BCUT2D eigenvalue weighted by Crippen LogP contribution is -2.41. The van der Waals surface area contributed by atoms with Crippen LogP contribution in [-0.2, 0) is 11.3 Å². The first-order chi connectivity index (χ1) is 13.7. The van der Waals surface area contributed by atoms with Gasteiger partial charge >= 0.3 is 0 Å². The Morgan fingerprint density at radius 2 is 2.14 bits per heavy atom. The highest BCUT2D eigenvalue weighted by atomic mass is 32.2. The lowest BCUT2D eigenvalue weighted by atomic mass is 10.2. The van der Waals surface area contributed by atoms with E-state index in [1.807, 2.05) is 30.1 Å². The molecule has 1 saturated heterocycles. The van der Waals surface area contributed by atoms with Crippen LogP contribution in [-0.4, -0.2) is 56.1 Å². The normalized spacial score (nSPS) is 17.4. The molecule has 1 aliphatic heterocycles. The highest BCUT2D eigenvalue weighted by Crippen LogP contribution is 2.17. The van der Waals surface area contributed by atoms with Gasteiger partial charge in [0.2, 0.25) is 0 Å².